The van der Waals surface area contributed by atoms with Crippen molar-refractivity contribution in [1.29, 1.82) is 0 Å². The highest BCUT2D eigenvalue weighted by Crippen LogP contribution is 2.12. The number of carbonyl (C=O) groups excluding carboxylic acids is 2. The predicted octanol–water partition coefficient (Wildman–Crippen LogP) is 2.80. The SMILES string of the molecule is CC(C)[C@H](NC(=O)c1ccc(F)cc1)C(=O)N1CCN(CCOc2ccccc2)CC1. The molecular formula is C24H30FN3O3. The van der Waals surface area contributed by atoms with E-state index in [1.165, 1.54) is 24.3 Å². The number of amides is 2. The number of rotatable bonds is 8. The summed E-state index contributed by atoms with van der Waals surface area (Å²) in [6.45, 7) is 7.96. The summed E-state index contributed by atoms with van der Waals surface area (Å²) in [6.07, 6.45) is 0. The van der Waals surface area contributed by atoms with Crippen molar-refractivity contribution in [1.82, 2.24) is 15.1 Å². The maximum absolute atomic E-state index is 13.1. The second-order valence-corrected chi connectivity index (χ2v) is 8.03. The number of carbonyl (C=O) groups is 2. The van der Waals surface area contributed by atoms with E-state index in [-0.39, 0.29) is 17.7 Å². The van der Waals surface area contributed by atoms with Gasteiger partial charge < -0.3 is 15.0 Å². The van der Waals surface area contributed by atoms with Gasteiger partial charge in [0, 0.05) is 38.3 Å². The third-order valence-electron chi connectivity index (χ3n) is 5.43. The van der Waals surface area contributed by atoms with Gasteiger partial charge in [-0.05, 0) is 42.3 Å². The quantitative estimate of drug-likeness (QED) is 0.704. The first kappa shape index (κ1) is 22.7. The summed E-state index contributed by atoms with van der Waals surface area (Å²) in [5, 5.41) is 2.83. The molecule has 2 amide bonds. The van der Waals surface area contributed by atoms with Crippen molar-refractivity contribution >= 4 is 11.8 Å². The highest BCUT2D eigenvalue weighted by atomic mass is 19.1. The lowest BCUT2D eigenvalue weighted by Crippen LogP contribution is -2.56. The molecule has 1 fully saturated rings. The number of halogens is 1. The minimum Gasteiger partial charge on any atom is -0.492 e. The van der Waals surface area contributed by atoms with E-state index in [2.05, 4.69) is 10.2 Å². The van der Waals surface area contributed by atoms with Crippen LogP contribution in [0.4, 0.5) is 4.39 Å². The number of nitrogens with one attached hydrogen (secondary N) is 1. The summed E-state index contributed by atoms with van der Waals surface area (Å²) in [5.74, 6) is -0.0587. The largest absolute Gasteiger partial charge is 0.492 e. The molecule has 31 heavy (non-hydrogen) atoms. The maximum Gasteiger partial charge on any atom is 0.251 e. The first-order valence-electron chi connectivity index (χ1n) is 10.7. The Morgan fingerprint density at radius 2 is 1.65 bits per heavy atom. The van der Waals surface area contributed by atoms with Crippen LogP contribution in [-0.2, 0) is 4.79 Å². The highest BCUT2D eigenvalue weighted by Gasteiger charge is 2.30. The van der Waals surface area contributed by atoms with E-state index >= 15 is 0 Å². The van der Waals surface area contributed by atoms with E-state index in [0.29, 0.717) is 25.3 Å². The molecule has 1 aliphatic heterocycles. The second kappa shape index (κ2) is 10.9. The standard InChI is InChI=1S/C24H30FN3O3/c1-18(2)22(26-23(29)19-8-10-20(25)11-9-19)24(30)28-14-12-27(13-15-28)16-17-31-21-6-4-3-5-7-21/h3-11,18,22H,12-17H2,1-2H3,(H,26,29)/t22-/m0/s1. The van der Waals surface area contributed by atoms with Crippen molar-refractivity contribution in [3.8, 4) is 5.75 Å². The van der Waals surface area contributed by atoms with Gasteiger partial charge in [0.25, 0.3) is 5.91 Å². The Hall–Kier alpha value is -2.93. The van der Waals surface area contributed by atoms with Crippen LogP contribution in [0.25, 0.3) is 0 Å². The molecule has 0 radical (unpaired) electrons. The minimum atomic E-state index is -0.620. The number of ether oxygens (including phenoxy) is 1. The molecule has 1 aliphatic rings. The maximum atomic E-state index is 13.1. The van der Waals surface area contributed by atoms with Gasteiger partial charge in [-0.15, -0.1) is 0 Å². The number of piperazine rings is 1. The van der Waals surface area contributed by atoms with Crippen LogP contribution in [0.1, 0.15) is 24.2 Å². The van der Waals surface area contributed by atoms with Crippen LogP contribution in [0.15, 0.2) is 54.6 Å². The van der Waals surface area contributed by atoms with E-state index in [1.807, 2.05) is 49.1 Å². The fraction of sp³-hybridized carbons (Fsp3) is 0.417. The molecule has 2 aromatic carbocycles. The van der Waals surface area contributed by atoms with Gasteiger partial charge in [0.1, 0.15) is 24.2 Å². The van der Waals surface area contributed by atoms with E-state index in [1.54, 1.807) is 0 Å². The molecule has 1 atom stereocenters. The molecule has 0 bridgehead atoms. The molecule has 1 saturated heterocycles. The summed E-state index contributed by atoms with van der Waals surface area (Å²) in [4.78, 5) is 29.7. The normalized spacial score (nSPS) is 15.5. The van der Waals surface area contributed by atoms with Gasteiger partial charge in [-0.3, -0.25) is 14.5 Å². The van der Waals surface area contributed by atoms with Gasteiger partial charge in [0.15, 0.2) is 0 Å². The minimum absolute atomic E-state index is 0.0609. The fourth-order valence-corrected chi connectivity index (χ4v) is 3.54. The van der Waals surface area contributed by atoms with Crippen molar-refractivity contribution in [2.75, 3.05) is 39.3 Å². The van der Waals surface area contributed by atoms with E-state index in [4.69, 9.17) is 4.74 Å². The van der Waals surface area contributed by atoms with Gasteiger partial charge in [-0.1, -0.05) is 32.0 Å². The summed E-state index contributed by atoms with van der Waals surface area (Å²) in [6, 6.07) is 14.4. The Kier molecular flexibility index (Phi) is 8.00. The van der Waals surface area contributed by atoms with Crippen LogP contribution in [0.3, 0.4) is 0 Å². The molecule has 0 aliphatic carbocycles. The van der Waals surface area contributed by atoms with Crippen molar-refractivity contribution in [3.05, 3.63) is 66.0 Å². The van der Waals surface area contributed by atoms with E-state index in [0.717, 1.165) is 25.4 Å². The molecule has 0 aromatic heterocycles. The number of para-hydroxylation sites is 1. The Morgan fingerprint density at radius 1 is 1.00 bits per heavy atom. The zero-order valence-electron chi connectivity index (χ0n) is 18.1. The Labute approximate surface area is 183 Å². The Bertz CT molecular complexity index is 850. The van der Waals surface area contributed by atoms with Crippen molar-refractivity contribution in [2.45, 2.75) is 19.9 Å². The van der Waals surface area contributed by atoms with Crippen LogP contribution >= 0.6 is 0 Å². The number of hydrogen-bond acceptors (Lipinski definition) is 4. The molecule has 1 heterocycles. The first-order valence-corrected chi connectivity index (χ1v) is 10.7. The monoisotopic (exact) mass is 427 g/mol. The second-order valence-electron chi connectivity index (χ2n) is 8.03. The van der Waals surface area contributed by atoms with Gasteiger partial charge in [-0.25, -0.2) is 4.39 Å². The zero-order chi connectivity index (χ0) is 22.2. The summed E-state index contributed by atoms with van der Waals surface area (Å²) in [7, 11) is 0. The molecule has 7 heteroatoms. The predicted molar refractivity (Wildman–Crippen MR) is 117 cm³/mol. The average Bonchev–Trinajstić information content (AvgIpc) is 2.78. The summed E-state index contributed by atoms with van der Waals surface area (Å²) >= 11 is 0. The van der Waals surface area contributed by atoms with E-state index < -0.39 is 11.9 Å². The van der Waals surface area contributed by atoms with Crippen molar-refractivity contribution in [3.63, 3.8) is 0 Å². The molecule has 3 rings (SSSR count). The number of hydrogen-bond donors (Lipinski definition) is 1. The molecule has 0 spiro atoms. The topological polar surface area (TPSA) is 61.9 Å². The van der Waals surface area contributed by atoms with Crippen molar-refractivity contribution < 1.29 is 18.7 Å². The average molecular weight is 428 g/mol. The van der Waals surface area contributed by atoms with Crippen LogP contribution in [-0.4, -0.2) is 67.0 Å². The van der Waals surface area contributed by atoms with Crippen molar-refractivity contribution in [2.24, 2.45) is 5.92 Å². The molecule has 1 N–H and O–H groups in total. The first-order chi connectivity index (χ1) is 14.9. The lowest BCUT2D eigenvalue weighted by Gasteiger charge is -2.37. The summed E-state index contributed by atoms with van der Waals surface area (Å²) in [5.41, 5.74) is 0.336. The van der Waals surface area contributed by atoms with Crippen LogP contribution in [0.2, 0.25) is 0 Å². The Balaban J connectivity index is 1.47. The number of benzene rings is 2. The smallest absolute Gasteiger partial charge is 0.251 e. The van der Waals surface area contributed by atoms with Gasteiger partial charge in [-0.2, -0.15) is 0 Å². The van der Waals surface area contributed by atoms with Crippen LogP contribution in [0.5, 0.6) is 5.75 Å². The van der Waals surface area contributed by atoms with E-state index in [9.17, 15) is 14.0 Å². The van der Waals surface area contributed by atoms with Gasteiger partial charge >= 0.3 is 0 Å². The summed E-state index contributed by atoms with van der Waals surface area (Å²) < 4.78 is 18.9. The third-order valence-corrected chi connectivity index (χ3v) is 5.43. The molecule has 166 valence electrons. The molecular weight excluding hydrogens is 397 g/mol. The van der Waals surface area contributed by atoms with Crippen LogP contribution in [0, 0.1) is 11.7 Å². The van der Waals surface area contributed by atoms with Gasteiger partial charge in [0.2, 0.25) is 5.91 Å². The fourth-order valence-electron chi connectivity index (χ4n) is 3.54. The molecule has 2 aromatic rings. The molecule has 0 saturated carbocycles. The zero-order valence-corrected chi connectivity index (χ0v) is 18.1. The third kappa shape index (κ3) is 6.52. The molecule has 0 unspecified atom stereocenters. The number of nitrogens with zero attached hydrogens (tertiary/aromatic N) is 2. The van der Waals surface area contributed by atoms with Crippen LogP contribution < -0.4 is 10.1 Å². The lowest BCUT2D eigenvalue weighted by molar-refractivity contribution is -0.136. The molecule has 6 nitrogen and oxygen atoms in total. The lowest BCUT2D eigenvalue weighted by atomic mass is 10.0. The Morgan fingerprint density at radius 3 is 2.26 bits per heavy atom. The van der Waals surface area contributed by atoms with Gasteiger partial charge in [0.05, 0.1) is 0 Å². The highest BCUT2D eigenvalue weighted by molar-refractivity contribution is 5.97.